The van der Waals surface area contributed by atoms with Crippen LogP contribution in [0.3, 0.4) is 0 Å². The summed E-state index contributed by atoms with van der Waals surface area (Å²) in [4.78, 5) is 23.6. The first-order valence-electron chi connectivity index (χ1n) is 8.53. The maximum atomic E-state index is 11.9. The van der Waals surface area contributed by atoms with E-state index in [2.05, 4.69) is 16.0 Å². The topological polar surface area (TPSA) is 70.2 Å². The molecule has 1 saturated heterocycles. The fraction of sp³-hybridized carbons (Fsp3) is 0.556. The zero-order chi connectivity index (χ0) is 16.5. The van der Waals surface area contributed by atoms with Gasteiger partial charge in [0.25, 0.3) is 5.91 Å². The van der Waals surface area contributed by atoms with Gasteiger partial charge >= 0.3 is 0 Å². The number of carbonyl (C=O) groups is 2. The summed E-state index contributed by atoms with van der Waals surface area (Å²) < 4.78 is 0. The average molecular weight is 354 g/mol. The third kappa shape index (κ3) is 6.89. The molecule has 0 saturated carbocycles. The summed E-state index contributed by atoms with van der Waals surface area (Å²) in [6.45, 7) is 5.18. The second-order valence-corrected chi connectivity index (χ2v) is 6.07. The van der Waals surface area contributed by atoms with E-state index in [1.807, 2.05) is 19.1 Å². The van der Waals surface area contributed by atoms with Gasteiger partial charge in [-0.2, -0.15) is 0 Å². The molecule has 134 valence electrons. The van der Waals surface area contributed by atoms with Crippen molar-refractivity contribution in [1.29, 1.82) is 0 Å². The molecule has 1 aliphatic rings. The van der Waals surface area contributed by atoms with Crippen molar-refractivity contribution in [2.75, 3.05) is 19.6 Å². The van der Waals surface area contributed by atoms with E-state index in [0.717, 1.165) is 25.1 Å². The van der Waals surface area contributed by atoms with Crippen LogP contribution in [-0.4, -0.2) is 31.4 Å². The standard InChI is InChI=1S/C18H27N3O2.ClH/c1-2-20-18(23)16-6-3-15(4-7-16)13-21-17(22)8-5-14-9-11-19-12-10-14;/h3-4,6-7,14,19H,2,5,8-13H2,1H3,(H,20,23)(H,21,22);1H. The van der Waals surface area contributed by atoms with Gasteiger partial charge in [-0.25, -0.2) is 0 Å². The molecule has 1 aliphatic heterocycles. The Kier molecular flexibility index (Phi) is 9.42. The summed E-state index contributed by atoms with van der Waals surface area (Å²) in [6, 6.07) is 7.36. The van der Waals surface area contributed by atoms with Gasteiger partial charge in [-0.1, -0.05) is 12.1 Å². The van der Waals surface area contributed by atoms with Gasteiger partial charge in [0.05, 0.1) is 0 Å². The Balaban J connectivity index is 0.00000288. The molecule has 1 fully saturated rings. The molecule has 1 aromatic carbocycles. The van der Waals surface area contributed by atoms with E-state index in [1.54, 1.807) is 12.1 Å². The van der Waals surface area contributed by atoms with Crippen LogP contribution in [0, 0.1) is 5.92 Å². The highest BCUT2D eigenvalue weighted by atomic mass is 35.5. The van der Waals surface area contributed by atoms with Gasteiger partial charge in [0, 0.05) is 25.1 Å². The largest absolute Gasteiger partial charge is 0.352 e. The second-order valence-electron chi connectivity index (χ2n) is 6.07. The van der Waals surface area contributed by atoms with Crippen LogP contribution in [0.4, 0.5) is 0 Å². The van der Waals surface area contributed by atoms with Crippen molar-refractivity contribution in [1.82, 2.24) is 16.0 Å². The fourth-order valence-electron chi connectivity index (χ4n) is 2.83. The Morgan fingerprint density at radius 1 is 1.12 bits per heavy atom. The summed E-state index contributed by atoms with van der Waals surface area (Å²) in [5, 5.41) is 9.06. The Bertz CT molecular complexity index is 514. The van der Waals surface area contributed by atoms with Gasteiger partial charge in [0.15, 0.2) is 0 Å². The summed E-state index contributed by atoms with van der Waals surface area (Å²) in [6.07, 6.45) is 3.93. The van der Waals surface area contributed by atoms with Gasteiger partial charge in [0.2, 0.25) is 5.91 Å². The molecule has 0 aliphatic carbocycles. The lowest BCUT2D eigenvalue weighted by Crippen LogP contribution is -2.29. The molecule has 2 rings (SSSR count). The first-order valence-corrected chi connectivity index (χ1v) is 8.53. The van der Waals surface area contributed by atoms with Gasteiger partial charge in [-0.3, -0.25) is 9.59 Å². The maximum absolute atomic E-state index is 11.9. The van der Waals surface area contributed by atoms with Crippen LogP contribution in [0.15, 0.2) is 24.3 Å². The highest BCUT2D eigenvalue weighted by Gasteiger charge is 2.14. The van der Waals surface area contributed by atoms with Crippen molar-refractivity contribution in [3.05, 3.63) is 35.4 Å². The zero-order valence-corrected chi connectivity index (χ0v) is 15.1. The lowest BCUT2D eigenvalue weighted by atomic mass is 9.93. The van der Waals surface area contributed by atoms with Crippen molar-refractivity contribution in [3.8, 4) is 0 Å². The predicted molar refractivity (Wildman–Crippen MR) is 98.4 cm³/mol. The highest BCUT2D eigenvalue weighted by Crippen LogP contribution is 2.17. The van der Waals surface area contributed by atoms with Crippen molar-refractivity contribution in [2.45, 2.75) is 39.2 Å². The molecule has 2 amide bonds. The number of rotatable bonds is 7. The smallest absolute Gasteiger partial charge is 0.251 e. The first kappa shape index (κ1) is 20.5. The molecule has 0 aromatic heterocycles. The molecule has 1 heterocycles. The van der Waals surface area contributed by atoms with Gasteiger partial charge in [-0.15, -0.1) is 12.4 Å². The van der Waals surface area contributed by atoms with E-state index in [0.29, 0.717) is 31.0 Å². The number of nitrogens with one attached hydrogen (secondary N) is 3. The highest BCUT2D eigenvalue weighted by molar-refractivity contribution is 5.94. The third-order valence-corrected chi connectivity index (χ3v) is 4.28. The molecule has 0 atom stereocenters. The predicted octanol–water partition coefficient (Wildman–Crippen LogP) is 2.25. The number of halogens is 1. The molecular formula is C18H28ClN3O2. The third-order valence-electron chi connectivity index (χ3n) is 4.28. The second kappa shape index (κ2) is 11.0. The minimum atomic E-state index is -0.0648. The average Bonchev–Trinajstić information content (AvgIpc) is 2.59. The van der Waals surface area contributed by atoms with Crippen LogP contribution in [0.5, 0.6) is 0 Å². The van der Waals surface area contributed by atoms with Gasteiger partial charge < -0.3 is 16.0 Å². The molecular weight excluding hydrogens is 326 g/mol. The summed E-state index contributed by atoms with van der Waals surface area (Å²) >= 11 is 0. The minimum Gasteiger partial charge on any atom is -0.352 e. The molecule has 0 bridgehead atoms. The van der Waals surface area contributed by atoms with Crippen LogP contribution in [-0.2, 0) is 11.3 Å². The molecule has 3 N–H and O–H groups in total. The number of hydrogen-bond acceptors (Lipinski definition) is 3. The molecule has 0 radical (unpaired) electrons. The quantitative estimate of drug-likeness (QED) is 0.704. The summed E-state index contributed by atoms with van der Waals surface area (Å²) in [5.74, 6) is 0.722. The summed E-state index contributed by atoms with van der Waals surface area (Å²) in [5.41, 5.74) is 1.65. The Labute approximate surface area is 150 Å². The minimum absolute atomic E-state index is 0. The Morgan fingerprint density at radius 2 is 1.79 bits per heavy atom. The Hall–Kier alpha value is -1.59. The van der Waals surface area contributed by atoms with E-state index in [9.17, 15) is 9.59 Å². The molecule has 24 heavy (non-hydrogen) atoms. The van der Waals surface area contributed by atoms with E-state index in [-0.39, 0.29) is 24.2 Å². The molecule has 0 spiro atoms. The normalized spacial score (nSPS) is 14.5. The lowest BCUT2D eigenvalue weighted by Gasteiger charge is -2.22. The van der Waals surface area contributed by atoms with Gasteiger partial charge in [-0.05, 0) is 62.9 Å². The zero-order valence-electron chi connectivity index (χ0n) is 14.3. The first-order chi connectivity index (χ1) is 11.2. The molecule has 6 heteroatoms. The van der Waals surface area contributed by atoms with Crippen LogP contribution < -0.4 is 16.0 Å². The van der Waals surface area contributed by atoms with Gasteiger partial charge in [0.1, 0.15) is 0 Å². The van der Waals surface area contributed by atoms with Crippen LogP contribution in [0.2, 0.25) is 0 Å². The van der Waals surface area contributed by atoms with E-state index in [1.165, 1.54) is 12.8 Å². The van der Waals surface area contributed by atoms with Crippen LogP contribution in [0.1, 0.15) is 48.5 Å². The number of piperidine rings is 1. The van der Waals surface area contributed by atoms with E-state index < -0.39 is 0 Å². The van der Waals surface area contributed by atoms with Crippen LogP contribution >= 0.6 is 12.4 Å². The van der Waals surface area contributed by atoms with E-state index in [4.69, 9.17) is 0 Å². The number of amides is 2. The Morgan fingerprint density at radius 3 is 2.42 bits per heavy atom. The SMILES string of the molecule is CCNC(=O)c1ccc(CNC(=O)CCC2CCNCC2)cc1.Cl. The van der Waals surface area contributed by atoms with Crippen molar-refractivity contribution in [2.24, 2.45) is 5.92 Å². The number of hydrogen-bond donors (Lipinski definition) is 3. The van der Waals surface area contributed by atoms with E-state index >= 15 is 0 Å². The van der Waals surface area contributed by atoms with Crippen molar-refractivity contribution >= 4 is 24.2 Å². The molecule has 5 nitrogen and oxygen atoms in total. The fourth-order valence-corrected chi connectivity index (χ4v) is 2.83. The van der Waals surface area contributed by atoms with Crippen LogP contribution in [0.25, 0.3) is 0 Å². The monoisotopic (exact) mass is 353 g/mol. The number of benzene rings is 1. The molecule has 1 aromatic rings. The molecule has 0 unspecified atom stereocenters. The van der Waals surface area contributed by atoms with Crippen molar-refractivity contribution in [3.63, 3.8) is 0 Å². The van der Waals surface area contributed by atoms with Crippen molar-refractivity contribution < 1.29 is 9.59 Å². The summed E-state index contributed by atoms with van der Waals surface area (Å²) in [7, 11) is 0. The maximum Gasteiger partial charge on any atom is 0.251 e. The number of carbonyl (C=O) groups excluding carboxylic acids is 2. The lowest BCUT2D eigenvalue weighted by molar-refractivity contribution is -0.121.